The lowest BCUT2D eigenvalue weighted by Crippen LogP contribution is -2.20. The van der Waals surface area contributed by atoms with Crippen LogP contribution in [-0.4, -0.2) is 32.5 Å². The molecule has 0 aliphatic carbocycles. The normalized spacial score (nSPS) is 14.2. The van der Waals surface area contributed by atoms with Gasteiger partial charge < -0.3 is 14.6 Å². The van der Waals surface area contributed by atoms with E-state index in [-0.39, 0.29) is 12.5 Å². The van der Waals surface area contributed by atoms with Crippen LogP contribution in [0.2, 0.25) is 0 Å². The van der Waals surface area contributed by atoms with Crippen LogP contribution in [0.1, 0.15) is 18.9 Å². The van der Waals surface area contributed by atoms with Gasteiger partial charge in [0, 0.05) is 20.3 Å². The summed E-state index contributed by atoms with van der Waals surface area (Å²) in [7, 11) is 3.38. The molecule has 102 valence electrons. The standard InChI is InChI=1S/C15H24O3/c1-12(8-9-17-2)14(11-16)10-13-4-6-15(18-3)7-5-13/h4-7,12,14,16H,8-11H2,1-3H3. The number of hydrogen-bond acceptors (Lipinski definition) is 3. The lowest BCUT2D eigenvalue weighted by Gasteiger charge is -2.22. The van der Waals surface area contributed by atoms with Gasteiger partial charge in [-0.3, -0.25) is 0 Å². The van der Waals surface area contributed by atoms with Crippen molar-refractivity contribution >= 4 is 0 Å². The summed E-state index contributed by atoms with van der Waals surface area (Å²) in [6, 6.07) is 8.04. The minimum Gasteiger partial charge on any atom is -0.497 e. The number of aliphatic hydroxyl groups is 1. The molecule has 0 aliphatic rings. The summed E-state index contributed by atoms with van der Waals surface area (Å²) in [5, 5.41) is 9.49. The second kappa shape index (κ2) is 8.11. The number of methoxy groups -OCH3 is 2. The van der Waals surface area contributed by atoms with Crippen molar-refractivity contribution in [1.82, 2.24) is 0 Å². The molecule has 3 nitrogen and oxygen atoms in total. The predicted octanol–water partition coefficient (Wildman–Crippen LogP) is 2.52. The maximum atomic E-state index is 9.49. The molecular formula is C15H24O3. The second-order valence-corrected chi connectivity index (χ2v) is 4.75. The minimum absolute atomic E-state index is 0.219. The Balaban J connectivity index is 2.55. The summed E-state index contributed by atoms with van der Waals surface area (Å²) >= 11 is 0. The molecule has 0 radical (unpaired) electrons. The fourth-order valence-corrected chi connectivity index (χ4v) is 2.05. The highest BCUT2D eigenvalue weighted by Gasteiger charge is 2.16. The fraction of sp³-hybridized carbons (Fsp3) is 0.600. The molecule has 18 heavy (non-hydrogen) atoms. The van der Waals surface area contributed by atoms with Gasteiger partial charge >= 0.3 is 0 Å². The maximum Gasteiger partial charge on any atom is 0.118 e. The van der Waals surface area contributed by atoms with E-state index in [1.165, 1.54) is 5.56 Å². The number of hydrogen-bond donors (Lipinski definition) is 1. The lowest BCUT2D eigenvalue weighted by atomic mass is 9.87. The molecule has 1 aromatic carbocycles. The third-order valence-electron chi connectivity index (χ3n) is 3.47. The minimum atomic E-state index is 0.219. The average molecular weight is 252 g/mol. The highest BCUT2D eigenvalue weighted by Crippen LogP contribution is 2.21. The predicted molar refractivity (Wildman–Crippen MR) is 72.9 cm³/mol. The molecule has 1 rings (SSSR count). The molecule has 1 aromatic rings. The molecule has 0 heterocycles. The van der Waals surface area contributed by atoms with Gasteiger partial charge in [0.25, 0.3) is 0 Å². The summed E-state index contributed by atoms with van der Waals surface area (Å²) in [4.78, 5) is 0. The zero-order valence-corrected chi connectivity index (χ0v) is 11.6. The Morgan fingerprint density at radius 3 is 2.33 bits per heavy atom. The van der Waals surface area contributed by atoms with Gasteiger partial charge in [-0.05, 0) is 42.4 Å². The van der Waals surface area contributed by atoms with Crippen LogP contribution in [0.15, 0.2) is 24.3 Å². The van der Waals surface area contributed by atoms with E-state index in [1.807, 2.05) is 12.1 Å². The summed E-state index contributed by atoms with van der Waals surface area (Å²) in [5.74, 6) is 1.61. The number of benzene rings is 1. The van der Waals surface area contributed by atoms with Crippen molar-refractivity contribution in [1.29, 1.82) is 0 Å². The van der Waals surface area contributed by atoms with Crippen molar-refractivity contribution in [3.05, 3.63) is 29.8 Å². The Morgan fingerprint density at radius 2 is 1.83 bits per heavy atom. The molecule has 3 heteroatoms. The van der Waals surface area contributed by atoms with E-state index in [0.717, 1.165) is 25.2 Å². The average Bonchev–Trinajstić information content (AvgIpc) is 2.42. The first-order chi connectivity index (χ1) is 8.71. The Morgan fingerprint density at radius 1 is 1.17 bits per heavy atom. The third-order valence-corrected chi connectivity index (χ3v) is 3.47. The van der Waals surface area contributed by atoms with Gasteiger partial charge in [-0.15, -0.1) is 0 Å². The maximum absolute atomic E-state index is 9.49. The first kappa shape index (κ1) is 15.0. The van der Waals surface area contributed by atoms with Crippen LogP contribution in [0.4, 0.5) is 0 Å². The molecule has 2 unspecified atom stereocenters. The Hall–Kier alpha value is -1.06. The monoisotopic (exact) mass is 252 g/mol. The first-order valence-electron chi connectivity index (χ1n) is 6.44. The largest absolute Gasteiger partial charge is 0.497 e. The Labute approximate surface area is 110 Å². The van der Waals surface area contributed by atoms with Gasteiger partial charge in [-0.25, -0.2) is 0 Å². The van der Waals surface area contributed by atoms with E-state index >= 15 is 0 Å². The van der Waals surface area contributed by atoms with Gasteiger partial charge in [0.15, 0.2) is 0 Å². The topological polar surface area (TPSA) is 38.7 Å². The van der Waals surface area contributed by atoms with Gasteiger partial charge in [0.05, 0.1) is 7.11 Å². The summed E-state index contributed by atoms with van der Waals surface area (Å²) < 4.78 is 10.2. The Kier molecular flexibility index (Phi) is 6.76. The molecule has 0 aromatic heterocycles. The van der Waals surface area contributed by atoms with E-state index in [2.05, 4.69) is 19.1 Å². The molecular weight excluding hydrogens is 228 g/mol. The molecule has 0 saturated heterocycles. The van der Waals surface area contributed by atoms with E-state index < -0.39 is 0 Å². The lowest BCUT2D eigenvalue weighted by molar-refractivity contribution is 0.134. The van der Waals surface area contributed by atoms with Gasteiger partial charge in [-0.1, -0.05) is 19.1 Å². The van der Waals surface area contributed by atoms with Gasteiger partial charge in [0.2, 0.25) is 0 Å². The van der Waals surface area contributed by atoms with Crippen LogP contribution >= 0.6 is 0 Å². The number of rotatable bonds is 8. The molecule has 0 bridgehead atoms. The molecule has 2 atom stereocenters. The second-order valence-electron chi connectivity index (χ2n) is 4.75. The molecule has 0 amide bonds. The molecule has 1 N–H and O–H groups in total. The van der Waals surface area contributed by atoms with Crippen LogP contribution in [0.5, 0.6) is 5.75 Å². The van der Waals surface area contributed by atoms with Crippen LogP contribution in [-0.2, 0) is 11.2 Å². The van der Waals surface area contributed by atoms with Crippen molar-refractivity contribution in [3.8, 4) is 5.75 Å². The third kappa shape index (κ3) is 4.67. The highest BCUT2D eigenvalue weighted by molar-refractivity contribution is 5.27. The van der Waals surface area contributed by atoms with E-state index in [9.17, 15) is 5.11 Å². The fourth-order valence-electron chi connectivity index (χ4n) is 2.05. The van der Waals surface area contributed by atoms with Crippen LogP contribution in [0, 0.1) is 11.8 Å². The van der Waals surface area contributed by atoms with Gasteiger partial charge in [0.1, 0.15) is 5.75 Å². The SMILES string of the molecule is COCCC(C)C(CO)Cc1ccc(OC)cc1. The molecule has 0 spiro atoms. The van der Waals surface area contributed by atoms with Crippen molar-refractivity contribution in [2.45, 2.75) is 19.8 Å². The Bertz CT molecular complexity index is 321. The van der Waals surface area contributed by atoms with E-state index in [4.69, 9.17) is 9.47 Å². The van der Waals surface area contributed by atoms with Gasteiger partial charge in [-0.2, -0.15) is 0 Å². The zero-order valence-electron chi connectivity index (χ0n) is 11.6. The smallest absolute Gasteiger partial charge is 0.118 e. The van der Waals surface area contributed by atoms with Crippen molar-refractivity contribution in [2.24, 2.45) is 11.8 Å². The zero-order chi connectivity index (χ0) is 13.4. The number of ether oxygens (including phenoxy) is 2. The van der Waals surface area contributed by atoms with Crippen LogP contribution < -0.4 is 4.74 Å². The van der Waals surface area contributed by atoms with E-state index in [1.54, 1.807) is 14.2 Å². The summed E-state index contributed by atoms with van der Waals surface area (Å²) in [5.41, 5.74) is 1.24. The summed E-state index contributed by atoms with van der Waals surface area (Å²) in [6.45, 7) is 3.14. The quantitative estimate of drug-likeness (QED) is 0.772. The molecule has 0 fully saturated rings. The van der Waals surface area contributed by atoms with Crippen molar-refractivity contribution in [3.63, 3.8) is 0 Å². The first-order valence-corrected chi connectivity index (χ1v) is 6.44. The van der Waals surface area contributed by atoms with E-state index in [0.29, 0.717) is 5.92 Å². The van der Waals surface area contributed by atoms with Crippen LogP contribution in [0.25, 0.3) is 0 Å². The highest BCUT2D eigenvalue weighted by atomic mass is 16.5. The molecule has 0 aliphatic heterocycles. The van der Waals surface area contributed by atoms with Crippen molar-refractivity contribution in [2.75, 3.05) is 27.4 Å². The van der Waals surface area contributed by atoms with Crippen LogP contribution in [0.3, 0.4) is 0 Å². The van der Waals surface area contributed by atoms with Crippen molar-refractivity contribution < 1.29 is 14.6 Å². The summed E-state index contributed by atoms with van der Waals surface area (Å²) in [6.07, 6.45) is 1.88. The number of aliphatic hydroxyl groups excluding tert-OH is 1. The molecule has 0 saturated carbocycles.